The van der Waals surface area contributed by atoms with Gasteiger partial charge in [-0.1, -0.05) is 0 Å². The largest absolute Gasteiger partial charge is 0.231 e. The first-order valence-electron chi connectivity index (χ1n) is 2.27. The van der Waals surface area contributed by atoms with Crippen molar-refractivity contribution >= 4 is 52.3 Å². The summed E-state index contributed by atoms with van der Waals surface area (Å²) in [5.41, 5.74) is 0. The predicted octanol–water partition coefficient (Wildman–Crippen LogP) is -3.40. The Bertz CT molecular complexity index is 207. The molecule has 0 saturated carbocycles. The maximum atomic E-state index is 8.35. The molecule has 0 radical (unpaired) electrons. The van der Waals surface area contributed by atoms with Crippen LogP contribution < -0.4 is 0 Å². The average Bonchev–Trinajstić information content (AvgIpc) is 2.09. The molecule has 0 heterocycles. The summed E-state index contributed by atoms with van der Waals surface area (Å²) < 4.78 is 0. The summed E-state index contributed by atoms with van der Waals surface area (Å²) in [6.45, 7) is 0. The SMILES string of the molecule is N=C=O.N=C=O.N=C=O.N=C=O.N=C=O.[SiH4].[SiH4]. The van der Waals surface area contributed by atoms with Crippen molar-refractivity contribution in [2.45, 2.75) is 0 Å². The molecule has 0 aromatic heterocycles. The van der Waals surface area contributed by atoms with Crippen molar-refractivity contribution in [1.82, 2.24) is 0 Å². The minimum absolute atomic E-state index is 0. The number of isocyanates is 5. The first-order valence-corrected chi connectivity index (χ1v) is 2.27. The lowest BCUT2D eigenvalue weighted by atomic mass is 11.7. The second-order valence-electron chi connectivity index (χ2n) is 0.510. The van der Waals surface area contributed by atoms with Gasteiger partial charge >= 0.3 is 0 Å². The fourth-order valence-corrected chi connectivity index (χ4v) is 0. The van der Waals surface area contributed by atoms with Gasteiger partial charge in [-0.3, -0.25) is 0 Å². The summed E-state index contributed by atoms with van der Waals surface area (Å²) in [5, 5.41) is 27.0. The third-order valence-electron chi connectivity index (χ3n) is 0. The van der Waals surface area contributed by atoms with Crippen LogP contribution in [0.4, 0.5) is 0 Å². The van der Waals surface area contributed by atoms with Crippen LogP contribution in [0, 0.1) is 27.0 Å². The van der Waals surface area contributed by atoms with Crippen LogP contribution in [0.3, 0.4) is 0 Å². The molecule has 5 N–H and O–H groups in total. The van der Waals surface area contributed by atoms with E-state index in [9.17, 15) is 0 Å². The lowest BCUT2D eigenvalue weighted by molar-refractivity contribution is 0.562. The van der Waals surface area contributed by atoms with Gasteiger partial charge in [0, 0.05) is 0 Å². The summed E-state index contributed by atoms with van der Waals surface area (Å²) >= 11 is 0. The molecule has 96 valence electrons. The van der Waals surface area contributed by atoms with Crippen molar-refractivity contribution in [3.63, 3.8) is 0 Å². The van der Waals surface area contributed by atoms with Crippen LogP contribution in [0.15, 0.2) is 0 Å². The fraction of sp³-hybridized carbons (Fsp3) is 0. The monoisotopic (exact) mass is 279 g/mol. The summed E-state index contributed by atoms with van der Waals surface area (Å²) in [6, 6.07) is 0. The van der Waals surface area contributed by atoms with Gasteiger partial charge in [0.15, 0.2) is 0 Å². The molecule has 0 atom stereocenters. The highest BCUT2D eigenvalue weighted by molar-refractivity contribution is 5.76. The third kappa shape index (κ3) is 241. The van der Waals surface area contributed by atoms with Crippen molar-refractivity contribution in [2.75, 3.05) is 0 Å². The fourth-order valence-electron chi connectivity index (χ4n) is 0. The van der Waals surface area contributed by atoms with Crippen LogP contribution in [-0.2, 0) is 24.0 Å². The highest BCUT2D eigenvalue weighted by Gasteiger charge is 1.04. The van der Waals surface area contributed by atoms with Crippen molar-refractivity contribution in [3.05, 3.63) is 0 Å². The Kier molecular flexibility index (Phi) is 1040. The average molecular weight is 279 g/mol. The highest BCUT2D eigenvalue weighted by atomic mass is 28.1. The molecular weight excluding hydrogens is 266 g/mol. The molecule has 0 bridgehead atoms. The Morgan fingerprint density at radius 3 is 0.412 bits per heavy atom. The molecule has 0 unspecified atom stereocenters. The Morgan fingerprint density at radius 1 is 0.412 bits per heavy atom. The molecule has 0 rings (SSSR count). The van der Waals surface area contributed by atoms with Crippen LogP contribution in [0.5, 0.6) is 0 Å². The van der Waals surface area contributed by atoms with Gasteiger partial charge in [-0.05, 0) is 21.9 Å². The number of hydrogen-bond donors (Lipinski definition) is 5. The van der Waals surface area contributed by atoms with E-state index >= 15 is 0 Å². The first-order chi connectivity index (χ1) is 7.07. The molecule has 17 heavy (non-hydrogen) atoms. The molecule has 0 aliphatic heterocycles. The second-order valence-corrected chi connectivity index (χ2v) is 0.510. The van der Waals surface area contributed by atoms with E-state index in [0.29, 0.717) is 0 Å². The predicted molar refractivity (Wildman–Crippen MR) is 64.7 cm³/mol. The van der Waals surface area contributed by atoms with Gasteiger partial charge in [-0.2, -0.15) is 0 Å². The lowest BCUT2D eigenvalue weighted by Gasteiger charge is -1.02. The first kappa shape index (κ1) is 47.4. The van der Waals surface area contributed by atoms with Crippen LogP contribution in [-0.4, -0.2) is 52.3 Å². The van der Waals surface area contributed by atoms with E-state index in [1.54, 1.807) is 0 Å². The number of nitrogens with one attached hydrogen (secondary N) is 5. The van der Waals surface area contributed by atoms with E-state index in [1.807, 2.05) is 0 Å². The van der Waals surface area contributed by atoms with Gasteiger partial charge in [-0.25, -0.2) is 51.0 Å². The van der Waals surface area contributed by atoms with E-state index in [4.69, 9.17) is 51.0 Å². The minimum atomic E-state index is 0. The smallest absolute Gasteiger partial charge is 0.222 e. The summed E-state index contributed by atoms with van der Waals surface area (Å²) in [7, 11) is 0. The zero-order valence-corrected chi connectivity index (χ0v) is 7.04. The number of carbonyl (C=O) groups excluding carboxylic acids is 5. The van der Waals surface area contributed by atoms with Crippen molar-refractivity contribution < 1.29 is 24.0 Å². The zero-order chi connectivity index (χ0) is 13.5. The summed E-state index contributed by atoms with van der Waals surface area (Å²) in [5.74, 6) is 0. The lowest BCUT2D eigenvalue weighted by Crippen LogP contribution is -1.16. The van der Waals surface area contributed by atoms with Crippen molar-refractivity contribution in [1.29, 1.82) is 27.0 Å². The number of hydrogen-bond acceptors (Lipinski definition) is 10. The molecule has 0 aliphatic rings. The molecule has 0 saturated heterocycles. The van der Waals surface area contributed by atoms with E-state index in [2.05, 4.69) is 0 Å². The quantitative estimate of drug-likeness (QED) is 0.174. The maximum Gasteiger partial charge on any atom is 0.231 e. The minimum Gasteiger partial charge on any atom is -0.222 e. The zero-order valence-electron chi connectivity index (χ0n) is 7.04. The Labute approximate surface area is 104 Å². The Hall–Kier alpha value is -2.67. The maximum absolute atomic E-state index is 8.35. The number of rotatable bonds is 0. The second kappa shape index (κ2) is 372. The van der Waals surface area contributed by atoms with Gasteiger partial charge in [0.05, 0.1) is 0 Å². The van der Waals surface area contributed by atoms with E-state index < -0.39 is 0 Å². The van der Waals surface area contributed by atoms with E-state index in [-0.39, 0.29) is 21.9 Å². The molecule has 10 nitrogen and oxygen atoms in total. The van der Waals surface area contributed by atoms with E-state index in [1.165, 1.54) is 0 Å². The van der Waals surface area contributed by atoms with Gasteiger partial charge in [0.2, 0.25) is 30.4 Å². The molecule has 0 aromatic carbocycles. The van der Waals surface area contributed by atoms with E-state index in [0.717, 1.165) is 30.4 Å². The normalized spacial score (nSPS) is 2.35. The van der Waals surface area contributed by atoms with Crippen LogP contribution >= 0.6 is 0 Å². The van der Waals surface area contributed by atoms with Gasteiger partial charge in [-0.15, -0.1) is 0 Å². The topological polar surface area (TPSA) is 205 Å². The van der Waals surface area contributed by atoms with Gasteiger partial charge < -0.3 is 0 Å². The molecule has 0 fully saturated rings. The highest BCUT2D eigenvalue weighted by Crippen LogP contribution is 0.880. The standard InChI is InChI=1S/5CHNO.2H4Si/c5*2-1-3;;/h5*2H;2*1H4. The van der Waals surface area contributed by atoms with Crippen LogP contribution in [0.1, 0.15) is 0 Å². The van der Waals surface area contributed by atoms with Crippen LogP contribution in [0.25, 0.3) is 0 Å². The van der Waals surface area contributed by atoms with Crippen molar-refractivity contribution in [2.24, 2.45) is 0 Å². The van der Waals surface area contributed by atoms with Gasteiger partial charge in [0.1, 0.15) is 0 Å². The van der Waals surface area contributed by atoms with Crippen LogP contribution in [0.2, 0.25) is 0 Å². The molecule has 0 aliphatic carbocycles. The molecular formula is C5H13N5O5Si2. The third-order valence-corrected chi connectivity index (χ3v) is 0. The molecule has 0 amide bonds. The molecule has 12 heteroatoms. The molecule has 0 spiro atoms. The Morgan fingerprint density at radius 2 is 0.412 bits per heavy atom. The summed E-state index contributed by atoms with van der Waals surface area (Å²) in [6.07, 6.45) is 3.75. The summed E-state index contributed by atoms with van der Waals surface area (Å²) in [4.78, 5) is 41.7. The Balaban J connectivity index is -0.0000000143. The molecule has 0 aromatic rings. The van der Waals surface area contributed by atoms with Crippen molar-refractivity contribution in [3.8, 4) is 0 Å². The van der Waals surface area contributed by atoms with Gasteiger partial charge in [0.25, 0.3) is 0 Å².